The van der Waals surface area contributed by atoms with Gasteiger partial charge in [0.05, 0.1) is 0 Å². The zero-order valence-electron chi connectivity index (χ0n) is 18.5. The average molecular weight is 445 g/mol. The number of likely N-dealkylation sites (tertiary alicyclic amines) is 1. The van der Waals surface area contributed by atoms with E-state index >= 15 is 0 Å². The number of hydrogen-bond acceptors (Lipinski definition) is 4. The van der Waals surface area contributed by atoms with Crippen molar-refractivity contribution in [3.8, 4) is 11.5 Å². The maximum atomic E-state index is 12.6. The summed E-state index contributed by atoms with van der Waals surface area (Å²) in [5, 5.41) is 2.87. The van der Waals surface area contributed by atoms with Gasteiger partial charge in [-0.1, -0.05) is 18.2 Å². The van der Waals surface area contributed by atoms with Crippen LogP contribution in [0.25, 0.3) is 0 Å². The summed E-state index contributed by atoms with van der Waals surface area (Å²) in [6, 6.07) is 23.6. The summed E-state index contributed by atoms with van der Waals surface area (Å²) >= 11 is 0. The highest BCUT2D eigenvalue weighted by atomic mass is 16.5. The molecule has 33 heavy (non-hydrogen) atoms. The first-order valence-corrected chi connectivity index (χ1v) is 11.3. The zero-order valence-corrected chi connectivity index (χ0v) is 18.5. The maximum Gasteiger partial charge on any atom is 0.255 e. The summed E-state index contributed by atoms with van der Waals surface area (Å²) in [5.41, 5.74) is 1.82. The number of piperidine rings is 1. The molecule has 0 unspecified atom stereocenters. The quantitative estimate of drug-likeness (QED) is 0.495. The van der Waals surface area contributed by atoms with Crippen LogP contribution < -0.4 is 14.8 Å². The minimum absolute atomic E-state index is 0.0531. The normalized spacial score (nSPS) is 13.3. The summed E-state index contributed by atoms with van der Waals surface area (Å²) < 4.78 is 11.3. The highest BCUT2D eigenvalue weighted by Crippen LogP contribution is 2.17. The van der Waals surface area contributed by atoms with Crippen molar-refractivity contribution in [2.45, 2.75) is 19.3 Å². The van der Waals surface area contributed by atoms with Crippen molar-refractivity contribution in [2.24, 2.45) is 0 Å². The lowest BCUT2D eigenvalue weighted by atomic mass is 10.1. The first kappa shape index (κ1) is 22.4. The molecule has 3 aromatic carbocycles. The Kier molecular flexibility index (Phi) is 7.59. The second-order valence-corrected chi connectivity index (χ2v) is 7.92. The molecule has 0 aromatic heterocycles. The molecule has 0 aliphatic carbocycles. The minimum atomic E-state index is -0.218. The number of carbonyl (C=O) groups excluding carboxylic acids is 2. The number of nitrogens with one attached hydrogen (secondary N) is 1. The first-order valence-electron chi connectivity index (χ1n) is 11.3. The number of carbonyl (C=O) groups is 2. The standard InChI is InChI=1S/C27H28N2O4/c30-26(28-23-13-9-22(10-14-23)27(31)29-17-5-2-6-18-29)21-11-15-25(16-12-21)33-20-19-32-24-7-3-1-4-8-24/h1,3-4,7-16H,2,5-6,17-20H2,(H,28,30). The van der Waals surface area contributed by atoms with Gasteiger partial charge in [-0.3, -0.25) is 9.59 Å². The Morgan fingerprint density at radius 1 is 0.697 bits per heavy atom. The van der Waals surface area contributed by atoms with E-state index in [9.17, 15) is 9.59 Å². The number of anilines is 1. The summed E-state index contributed by atoms with van der Waals surface area (Å²) in [6.45, 7) is 2.47. The van der Waals surface area contributed by atoms with Crippen molar-refractivity contribution < 1.29 is 19.1 Å². The van der Waals surface area contributed by atoms with E-state index in [0.717, 1.165) is 31.7 Å². The van der Waals surface area contributed by atoms with Gasteiger partial charge in [-0.25, -0.2) is 0 Å². The molecule has 0 radical (unpaired) electrons. The van der Waals surface area contributed by atoms with Gasteiger partial charge in [-0.2, -0.15) is 0 Å². The molecule has 1 aliphatic rings. The van der Waals surface area contributed by atoms with Crippen molar-refractivity contribution in [3.63, 3.8) is 0 Å². The molecule has 1 N–H and O–H groups in total. The van der Waals surface area contributed by atoms with Crippen LogP contribution in [0.4, 0.5) is 5.69 Å². The first-order chi connectivity index (χ1) is 16.2. The largest absolute Gasteiger partial charge is 0.490 e. The Morgan fingerprint density at radius 3 is 1.91 bits per heavy atom. The third-order valence-corrected chi connectivity index (χ3v) is 5.51. The molecule has 0 bridgehead atoms. The van der Waals surface area contributed by atoms with Crippen LogP contribution in [0.3, 0.4) is 0 Å². The van der Waals surface area contributed by atoms with Gasteiger partial charge in [0.1, 0.15) is 24.7 Å². The van der Waals surface area contributed by atoms with E-state index in [2.05, 4.69) is 5.32 Å². The van der Waals surface area contributed by atoms with Gasteiger partial charge >= 0.3 is 0 Å². The predicted octanol–water partition coefficient (Wildman–Crippen LogP) is 5.02. The monoisotopic (exact) mass is 444 g/mol. The molecule has 4 rings (SSSR count). The Labute approximate surface area is 194 Å². The van der Waals surface area contributed by atoms with Crippen molar-refractivity contribution in [1.82, 2.24) is 4.90 Å². The van der Waals surface area contributed by atoms with E-state index in [0.29, 0.717) is 35.8 Å². The van der Waals surface area contributed by atoms with Crippen molar-refractivity contribution in [1.29, 1.82) is 0 Å². The number of benzene rings is 3. The number of rotatable bonds is 8. The lowest BCUT2D eigenvalue weighted by molar-refractivity contribution is 0.0724. The second-order valence-electron chi connectivity index (χ2n) is 7.92. The lowest BCUT2D eigenvalue weighted by Gasteiger charge is -2.26. The molecule has 6 heteroatoms. The van der Waals surface area contributed by atoms with Crippen LogP contribution in [-0.4, -0.2) is 43.0 Å². The van der Waals surface area contributed by atoms with E-state index in [4.69, 9.17) is 9.47 Å². The highest BCUT2D eigenvalue weighted by molar-refractivity contribution is 6.04. The molecule has 0 saturated carbocycles. The fourth-order valence-corrected chi connectivity index (χ4v) is 3.72. The molecule has 2 amide bonds. The van der Waals surface area contributed by atoms with Crippen LogP contribution >= 0.6 is 0 Å². The average Bonchev–Trinajstić information content (AvgIpc) is 2.88. The summed E-state index contributed by atoms with van der Waals surface area (Å²) in [5.74, 6) is 1.31. The number of nitrogens with zero attached hydrogens (tertiary/aromatic N) is 1. The highest BCUT2D eigenvalue weighted by Gasteiger charge is 2.18. The van der Waals surface area contributed by atoms with Crippen LogP contribution in [0.2, 0.25) is 0 Å². The third kappa shape index (κ3) is 6.35. The minimum Gasteiger partial charge on any atom is -0.490 e. The number of para-hydroxylation sites is 1. The van der Waals surface area contributed by atoms with E-state index in [1.54, 1.807) is 48.5 Å². The van der Waals surface area contributed by atoms with E-state index in [1.807, 2.05) is 35.2 Å². The number of amides is 2. The van der Waals surface area contributed by atoms with E-state index in [1.165, 1.54) is 6.42 Å². The molecule has 0 spiro atoms. The summed E-state index contributed by atoms with van der Waals surface area (Å²) in [4.78, 5) is 27.0. The number of hydrogen-bond donors (Lipinski definition) is 1. The maximum absolute atomic E-state index is 12.6. The fraction of sp³-hybridized carbons (Fsp3) is 0.259. The zero-order chi connectivity index (χ0) is 22.9. The van der Waals surface area contributed by atoms with E-state index in [-0.39, 0.29) is 11.8 Å². The molecule has 3 aromatic rings. The van der Waals surface area contributed by atoms with Crippen LogP contribution in [0, 0.1) is 0 Å². The van der Waals surface area contributed by atoms with Gasteiger partial charge in [0.25, 0.3) is 11.8 Å². The van der Waals surface area contributed by atoms with Gasteiger partial charge in [-0.15, -0.1) is 0 Å². The smallest absolute Gasteiger partial charge is 0.255 e. The molecule has 6 nitrogen and oxygen atoms in total. The molecule has 0 atom stereocenters. The van der Waals surface area contributed by atoms with Crippen LogP contribution in [0.5, 0.6) is 11.5 Å². The molecular weight excluding hydrogens is 416 g/mol. The fourth-order valence-electron chi connectivity index (χ4n) is 3.72. The molecule has 1 heterocycles. The van der Waals surface area contributed by atoms with Crippen LogP contribution in [0.15, 0.2) is 78.9 Å². The van der Waals surface area contributed by atoms with Crippen LogP contribution in [-0.2, 0) is 0 Å². The Bertz CT molecular complexity index is 1040. The van der Waals surface area contributed by atoms with Crippen molar-refractivity contribution >= 4 is 17.5 Å². The Morgan fingerprint density at radius 2 is 1.27 bits per heavy atom. The van der Waals surface area contributed by atoms with Crippen molar-refractivity contribution in [3.05, 3.63) is 90.0 Å². The molecular formula is C27H28N2O4. The van der Waals surface area contributed by atoms with Crippen LogP contribution in [0.1, 0.15) is 40.0 Å². The Hall–Kier alpha value is -3.80. The van der Waals surface area contributed by atoms with Gasteiger partial charge in [0.15, 0.2) is 0 Å². The molecule has 170 valence electrons. The molecule has 1 saturated heterocycles. The van der Waals surface area contributed by atoms with Gasteiger partial charge in [0, 0.05) is 29.9 Å². The van der Waals surface area contributed by atoms with Gasteiger partial charge < -0.3 is 19.7 Å². The van der Waals surface area contributed by atoms with Crippen molar-refractivity contribution in [2.75, 3.05) is 31.6 Å². The second kappa shape index (κ2) is 11.2. The predicted molar refractivity (Wildman–Crippen MR) is 128 cm³/mol. The Balaban J connectivity index is 1.24. The summed E-state index contributed by atoms with van der Waals surface area (Å²) in [7, 11) is 0. The topological polar surface area (TPSA) is 67.9 Å². The van der Waals surface area contributed by atoms with E-state index < -0.39 is 0 Å². The van der Waals surface area contributed by atoms with Gasteiger partial charge in [0.2, 0.25) is 0 Å². The number of ether oxygens (including phenoxy) is 2. The molecule has 1 fully saturated rings. The SMILES string of the molecule is O=C(Nc1ccc(C(=O)N2CCCCC2)cc1)c1ccc(OCCOc2ccccc2)cc1. The third-order valence-electron chi connectivity index (χ3n) is 5.51. The van der Waals surface area contributed by atoms with Gasteiger partial charge in [-0.05, 0) is 79.9 Å². The lowest BCUT2D eigenvalue weighted by Crippen LogP contribution is -2.35. The molecule has 1 aliphatic heterocycles. The summed E-state index contributed by atoms with van der Waals surface area (Å²) in [6.07, 6.45) is 3.31.